The van der Waals surface area contributed by atoms with Crippen LogP contribution in [-0.2, 0) is 20.1 Å². The van der Waals surface area contributed by atoms with Crippen molar-refractivity contribution in [2.24, 2.45) is 0 Å². The molecule has 2 heterocycles. The molecule has 1 spiro atoms. The molecule has 1 aromatic carbocycles. The van der Waals surface area contributed by atoms with Gasteiger partial charge >= 0.3 is 17.9 Å². The molecular weight excluding hydrogens is 188 g/mol. The largest absolute Gasteiger partial charge is 0.516 e. The van der Waals surface area contributed by atoms with Crippen molar-refractivity contribution in [3.63, 3.8) is 0 Å². The first-order chi connectivity index (χ1) is 6.72. The van der Waals surface area contributed by atoms with Gasteiger partial charge in [-0.2, -0.15) is 0 Å². The first-order valence-electron chi connectivity index (χ1n) is 3.96. The van der Waals surface area contributed by atoms with Gasteiger partial charge in [-0.05, 0) is 12.1 Å². The standard InChI is InChI=1S/C9H4O5/c10-7-9(13-8(11)14-9)5-3-1-2-4-6(5)12-7/h1-4H. The second kappa shape index (κ2) is 2.06. The molecule has 14 heavy (non-hydrogen) atoms. The number of hydrogen-bond donors (Lipinski definition) is 0. The third-order valence-corrected chi connectivity index (χ3v) is 2.17. The maximum atomic E-state index is 11.4. The van der Waals surface area contributed by atoms with Crippen LogP contribution in [0.2, 0.25) is 0 Å². The van der Waals surface area contributed by atoms with Crippen LogP contribution in [0.5, 0.6) is 5.75 Å². The van der Waals surface area contributed by atoms with Gasteiger partial charge in [-0.1, -0.05) is 12.1 Å². The van der Waals surface area contributed by atoms with Crippen molar-refractivity contribution in [3.05, 3.63) is 29.8 Å². The Morgan fingerprint density at radius 3 is 2.50 bits per heavy atom. The summed E-state index contributed by atoms with van der Waals surface area (Å²) >= 11 is 0. The zero-order valence-corrected chi connectivity index (χ0v) is 6.85. The Kier molecular flexibility index (Phi) is 1.09. The number of carbonyl (C=O) groups excluding carboxylic acids is 2. The molecule has 5 heteroatoms. The van der Waals surface area contributed by atoms with Gasteiger partial charge in [0.2, 0.25) is 0 Å². The van der Waals surface area contributed by atoms with Crippen molar-refractivity contribution in [2.45, 2.75) is 5.79 Å². The molecule has 1 aromatic rings. The lowest BCUT2D eigenvalue weighted by Crippen LogP contribution is -2.51. The van der Waals surface area contributed by atoms with Gasteiger partial charge in [0.05, 0.1) is 5.56 Å². The van der Waals surface area contributed by atoms with E-state index in [0.29, 0.717) is 11.3 Å². The van der Waals surface area contributed by atoms with Gasteiger partial charge in [-0.3, -0.25) is 0 Å². The first kappa shape index (κ1) is 7.37. The molecule has 0 bridgehead atoms. The maximum Gasteiger partial charge on any atom is 0.516 e. The Bertz CT molecular complexity index is 442. The van der Waals surface area contributed by atoms with E-state index in [4.69, 9.17) is 14.2 Å². The molecule has 0 amide bonds. The number of ether oxygens (including phenoxy) is 3. The van der Waals surface area contributed by atoms with Crippen molar-refractivity contribution in [1.82, 2.24) is 0 Å². The van der Waals surface area contributed by atoms with Gasteiger partial charge in [-0.15, -0.1) is 0 Å². The molecule has 0 aromatic heterocycles. The lowest BCUT2D eigenvalue weighted by molar-refractivity contribution is -0.267. The fraction of sp³-hybridized carbons (Fsp3) is 0.111. The molecule has 2 aliphatic heterocycles. The minimum atomic E-state index is -1.63. The van der Waals surface area contributed by atoms with E-state index in [1.165, 1.54) is 0 Å². The fourth-order valence-electron chi connectivity index (χ4n) is 1.54. The summed E-state index contributed by atoms with van der Waals surface area (Å²) in [6.45, 7) is 0. The molecule has 1 saturated heterocycles. The van der Waals surface area contributed by atoms with E-state index in [1.54, 1.807) is 24.3 Å². The third kappa shape index (κ3) is 0.654. The minimum Gasteiger partial charge on any atom is -0.420 e. The summed E-state index contributed by atoms with van der Waals surface area (Å²) in [7, 11) is 0. The highest BCUT2D eigenvalue weighted by atomic mass is 16.9. The highest BCUT2D eigenvalue weighted by molar-refractivity contribution is 5.93. The average Bonchev–Trinajstić information content (AvgIpc) is 2.40. The van der Waals surface area contributed by atoms with Crippen LogP contribution in [0.4, 0.5) is 4.79 Å². The highest BCUT2D eigenvalue weighted by Crippen LogP contribution is 2.46. The Morgan fingerprint density at radius 1 is 1.07 bits per heavy atom. The van der Waals surface area contributed by atoms with E-state index in [0.717, 1.165) is 0 Å². The summed E-state index contributed by atoms with van der Waals surface area (Å²) in [5.74, 6) is -1.98. The van der Waals surface area contributed by atoms with Crippen molar-refractivity contribution in [1.29, 1.82) is 0 Å². The average molecular weight is 192 g/mol. The van der Waals surface area contributed by atoms with Crippen molar-refractivity contribution in [3.8, 4) is 5.75 Å². The summed E-state index contributed by atoms with van der Waals surface area (Å²) in [6, 6.07) is 6.65. The normalized spacial score (nSPS) is 20.6. The molecule has 0 saturated carbocycles. The van der Waals surface area contributed by atoms with Gasteiger partial charge in [0.25, 0.3) is 0 Å². The first-order valence-corrected chi connectivity index (χ1v) is 3.96. The number of benzene rings is 1. The number of para-hydroxylation sites is 1. The smallest absolute Gasteiger partial charge is 0.420 e. The van der Waals surface area contributed by atoms with Gasteiger partial charge in [0, 0.05) is 0 Å². The lowest BCUT2D eigenvalue weighted by atomic mass is 10.1. The van der Waals surface area contributed by atoms with Crippen LogP contribution < -0.4 is 4.74 Å². The quantitative estimate of drug-likeness (QED) is 0.452. The Labute approximate surface area is 78.2 Å². The summed E-state index contributed by atoms with van der Waals surface area (Å²) in [5, 5.41) is 0. The number of esters is 1. The number of fused-ring (bicyclic) bond motifs is 2. The second-order valence-electron chi connectivity index (χ2n) is 2.96. The fourth-order valence-corrected chi connectivity index (χ4v) is 1.54. The Hall–Kier alpha value is -2.04. The summed E-state index contributed by atoms with van der Waals surface area (Å²) in [6.07, 6.45) is -0.862. The molecule has 0 radical (unpaired) electrons. The molecule has 0 N–H and O–H groups in total. The Morgan fingerprint density at radius 2 is 1.79 bits per heavy atom. The van der Waals surface area contributed by atoms with Crippen LogP contribution in [0.3, 0.4) is 0 Å². The zero-order chi connectivity index (χ0) is 9.76. The van der Waals surface area contributed by atoms with Gasteiger partial charge in [-0.25, -0.2) is 9.59 Å². The molecule has 0 atom stereocenters. The topological polar surface area (TPSA) is 61.8 Å². The van der Waals surface area contributed by atoms with Gasteiger partial charge < -0.3 is 14.2 Å². The van der Waals surface area contributed by atoms with Gasteiger partial charge in [0.15, 0.2) is 0 Å². The Balaban J connectivity index is 2.16. The van der Waals surface area contributed by atoms with Crippen LogP contribution in [0.1, 0.15) is 5.56 Å². The van der Waals surface area contributed by atoms with E-state index < -0.39 is 17.9 Å². The summed E-state index contributed by atoms with van der Waals surface area (Å²) in [5.41, 5.74) is 0.435. The molecule has 3 rings (SSSR count). The summed E-state index contributed by atoms with van der Waals surface area (Å²) < 4.78 is 14.3. The number of hydrogen-bond acceptors (Lipinski definition) is 5. The van der Waals surface area contributed by atoms with Crippen LogP contribution in [-0.4, -0.2) is 12.1 Å². The van der Waals surface area contributed by atoms with Crippen LogP contribution in [0.15, 0.2) is 24.3 Å². The lowest BCUT2D eigenvalue weighted by Gasteiger charge is -2.32. The number of carbonyl (C=O) groups is 2. The molecule has 5 nitrogen and oxygen atoms in total. The van der Waals surface area contributed by atoms with E-state index in [1.807, 2.05) is 0 Å². The SMILES string of the molecule is O=C1OC2(O1)C(=O)Oc1ccccc12. The molecule has 70 valence electrons. The summed E-state index contributed by atoms with van der Waals surface area (Å²) in [4.78, 5) is 21.9. The molecular formula is C9H4O5. The van der Waals surface area contributed by atoms with Crippen LogP contribution in [0.25, 0.3) is 0 Å². The molecule has 1 fully saturated rings. The highest BCUT2D eigenvalue weighted by Gasteiger charge is 2.64. The second-order valence-corrected chi connectivity index (χ2v) is 2.96. The van der Waals surface area contributed by atoms with Gasteiger partial charge in [0.1, 0.15) is 5.75 Å². The van der Waals surface area contributed by atoms with Crippen LogP contribution in [0, 0.1) is 0 Å². The minimum absolute atomic E-state index is 0.366. The van der Waals surface area contributed by atoms with Crippen LogP contribution >= 0.6 is 0 Å². The van der Waals surface area contributed by atoms with E-state index in [-0.39, 0.29) is 0 Å². The molecule has 0 aliphatic carbocycles. The van der Waals surface area contributed by atoms with E-state index >= 15 is 0 Å². The zero-order valence-electron chi connectivity index (χ0n) is 6.85. The molecule has 2 aliphatic rings. The predicted octanol–water partition coefficient (Wildman–Crippen LogP) is 0.925. The van der Waals surface area contributed by atoms with E-state index in [2.05, 4.69) is 0 Å². The van der Waals surface area contributed by atoms with Crippen molar-refractivity contribution < 1.29 is 23.8 Å². The third-order valence-electron chi connectivity index (χ3n) is 2.17. The number of rotatable bonds is 0. The van der Waals surface area contributed by atoms with E-state index in [9.17, 15) is 9.59 Å². The monoisotopic (exact) mass is 192 g/mol. The predicted molar refractivity (Wildman–Crippen MR) is 41.3 cm³/mol. The molecule has 0 unspecified atom stereocenters. The maximum absolute atomic E-state index is 11.4. The van der Waals surface area contributed by atoms with Crippen molar-refractivity contribution in [2.75, 3.05) is 0 Å². The van der Waals surface area contributed by atoms with Crippen molar-refractivity contribution >= 4 is 12.1 Å².